The summed E-state index contributed by atoms with van der Waals surface area (Å²) in [5.74, 6) is 0.803. The first-order chi connectivity index (χ1) is 23.0. The van der Waals surface area contributed by atoms with Crippen molar-refractivity contribution in [2.24, 2.45) is 5.92 Å². The summed E-state index contributed by atoms with van der Waals surface area (Å²) in [4.78, 5) is 44.2. The van der Waals surface area contributed by atoms with Crippen LogP contribution in [0.4, 0.5) is 5.69 Å². The molecule has 2 aromatic carbocycles. The third-order valence-electron chi connectivity index (χ3n) is 9.42. The second kappa shape index (κ2) is 17.6. The van der Waals surface area contributed by atoms with Gasteiger partial charge in [0.05, 0.1) is 10.5 Å². The lowest BCUT2D eigenvalue weighted by atomic mass is 9.82. The van der Waals surface area contributed by atoms with Crippen molar-refractivity contribution in [2.45, 2.75) is 102 Å². The molecule has 1 N–H and O–H groups in total. The van der Waals surface area contributed by atoms with Crippen molar-refractivity contribution >= 4 is 17.6 Å². The lowest BCUT2D eigenvalue weighted by molar-refractivity contribution is -0.386. The summed E-state index contributed by atoms with van der Waals surface area (Å²) in [6.07, 6.45) is 12.7. The van der Waals surface area contributed by atoms with Crippen LogP contribution in [0.5, 0.6) is 11.6 Å². The fraction of sp³-hybridized carbons (Fsp3) is 0.486. The van der Waals surface area contributed by atoms with E-state index in [0.717, 1.165) is 63.4 Å². The molecule has 2 fully saturated rings. The number of ether oxygens (including phenoxy) is 2. The Bertz CT molecular complexity index is 1440. The molecule has 2 aliphatic carbocycles. The lowest BCUT2D eigenvalue weighted by Gasteiger charge is -2.35. The Morgan fingerprint density at radius 3 is 2.28 bits per heavy atom. The van der Waals surface area contributed by atoms with Crippen LogP contribution in [0.3, 0.4) is 0 Å². The van der Waals surface area contributed by atoms with Crippen LogP contribution in [0.2, 0.25) is 0 Å². The van der Waals surface area contributed by atoms with Gasteiger partial charge in [-0.2, -0.15) is 0 Å². The zero-order valence-electron chi connectivity index (χ0n) is 27.1. The summed E-state index contributed by atoms with van der Waals surface area (Å²) >= 11 is 0. The largest absolute Gasteiger partial charge is 0.459 e. The topological polar surface area (TPSA) is 124 Å². The second-order valence-electron chi connectivity index (χ2n) is 12.7. The van der Waals surface area contributed by atoms with E-state index in [1.165, 1.54) is 12.6 Å². The number of carbonyl (C=O) groups excluding carboxylic acids is 2. The van der Waals surface area contributed by atoms with Crippen molar-refractivity contribution < 1.29 is 24.0 Å². The molecular weight excluding hydrogens is 596 g/mol. The maximum absolute atomic E-state index is 13.9. The minimum absolute atomic E-state index is 0.0104. The first kappa shape index (κ1) is 34.0. The van der Waals surface area contributed by atoms with Gasteiger partial charge in [-0.3, -0.25) is 19.7 Å². The van der Waals surface area contributed by atoms with E-state index >= 15 is 0 Å². The summed E-state index contributed by atoms with van der Waals surface area (Å²) in [5, 5.41) is 15.5. The number of nitro groups is 1. The first-order valence-electron chi connectivity index (χ1n) is 17.0. The Labute approximate surface area is 277 Å². The second-order valence-corrected chi connectivity index (χ2v) is 12.7. The molecule has 1 heterocycles. The number of esters is 1. The molecule has 5 rings (SSSR count). The molecule has 1 amide bonds. The molecule has 0 bridgehead atoms. The number of hydrogen-bond acceptors (Lipinski definition) is 8. The third kappa shape index (κ3) is 10.3. The van der Waals surface area contributed by atoms with Gasteiger partial charge >= 0.3 is 5.97 Å². The average molecular weight is 643 g/mol. The molecule has 0 radical (unpaired) electrons. The molecule has 10 nitrogen and oxygen atoms in total. The number of pyridine rings is 1. The van der Waals surface area contributed by atoms with Crippen molar-refractivity contribution in [3.63, 3.8) is 0 Å². The molecule has 0 spiro atoms. The van der Waals surface area contributed by atoms with Crippen molar-refractivity contribution in [1.29, 1.82) is 0 Å². The molecule has 0 unspecified atom stereocenters. The quantitative estimate of drug-likeness (QED) is 0.103. The lowest BCUT2D eigenvalue weighted by Crippen LogP contribution is -2.45. The number of hydrogen-bond donors (Lipinski definition) is 1. The highest BCUT2D eigenvalue weighted by atomic mass is 16.6. The summed E-state index contributed by atoms with van der Waals surface area (Å²) in [5.41, 5.74) is 1.31. The Morgan fingerprint density at radius 2 is 1.60 bits per heavy atom. The number of benzene rings is 2. The predicted molar refractivity (Wildman–Crippen MR) is 179 cm³/mol. The number of carbonyl (C=O) groups is 2. The molecule has 3 aromatic rings. The van der Waals surface area contributed by atoms with E-state index in [0.29, 0.717) is 23.7 Å². The molecule has 1 atom stereocenters. The van der Waals surface area contributed by atoms with Crippen LogP contribution in [0.1, 0.15) is 88.2 Å². The zero-order chi connectivity index (χ0) is 32.8. The Balaban J connectivity index is 1.25. The van der Waals surface area contributed by atoms with Gasteiger partial charge in [0.2, 0.25) is 11.8 Å². The first-order valence-corrected chi connectivity index (χ1v) is 17.0. The fourth-order valence-electron chi connectivity index (χ4n) is 6.88. The molecule has 2 aliphatic rings. The predicted octanol–water partition coefficient (Wildman–Crippen LogP) is 7.51. The van der Waals surface area contributed by atoms with Gasteiger partial charge in [-0.15, -0.1) is 0 Å². The number of aromatic nitrogens is 1. The van der Waals surface area contributed by atoms with Crippen molar-refractivity contribution in [3.8, 4) is 11.6 Å². The number of nitrogens with zero attached hydrogens (tertiary/aromatic N) is 3. The molecule has 250 valence electrons. The van der Waals surface area contributed by atoms with Crippen LogP contribution >= 0.6 is 0 Å². The van der Waals surface area contributed by atoms with E-state index in [1.807, 2.05) is 48.5 Å². The summed E-state index contributed by atoms with van der Waals surface area (Å²) in [6.45, 7) is 0.377. The molecule has 0 aliphatic heterocycles. The van der Waals surface area contributed by atoms with E-state index in [1.54, 1.807) is 23.1 Å². The molecule has 10 heteroatoms. The van der Waals surface area contributed by atoms with Gasteiger partial charge in [0.15, 0.2) is 0 Å². The van der Waals surface area contributed by atoms with Crippen LogP contribution in [0, 0.1) is 16.0 Å². The molecule has 2 saturated carbocycles. The van der Waals surface area contributed by atoms with Crippen LogP contribution in [0.25, 0.3) is 0 Å². The number of nitrogens with one attached hydrogen (secondary N) is 1. The maximum atomic E-state index is 13.9. The van der Waals surface area contributed by atoms with Crippen molar-refractivity contribution in [3.05, 3.63) is 94.2 Å². The fourth-order valence-corrected chi connectivity index (χ4v) is 6.88. The van der Waals surface area contributed by atoms with E-state index in [4.69, 9.17) is 9.47 Å². The molecule has 47 heavy (non-hydrogen) atoms. The summed E-state index contributed by atoms with van der Waals surface area (Å²) in [7, 11) is 0. The number of rotatable bonds is 15. The van der Waals surface area contributed by atoms with E-state index in [-0.39, 0.29) is 55.7 Å². The van der Waals surface area contributed by atoms with Gasteiger partial charge in [-0.25, -0.2) is 4.98 Å². The minimum Gasteiger partial charge on any atom is -0.459 e. The van der Waals surface area contributed by atoms with Crippen LogP contribution < -0.4 is 10.1 Å². The highest BCUT2D eigenvalue weighted by Crippen LogP contribution is 2.31. The van der Waals surface area contributed by atoms with Gasteiger partial charge in [0.1, 0.15) is 25.1 Å². The molecular formula is C37H46N4O6. The van der Waals surface area contributed by atoms with E-state index in [9.17, 15) is 19.7 Å². The van der Waals surface area contributed by atoms with Gasteiger partial charge in [-0.05, 0) is 55.7 Å². The minimum atomic E-state index is -0.422. The highest BCUT2D eigenvalue weighted by Gasteiger charge is 2.30. The van der Waals surface area contributed by atoms with E-state index in [2.05, 4.69) is 10.3 Å². The highest BCUT2D eigenvalue weighted by molar-refractivity contribution is 5.82. The third-order valence-corrected chi connectivity index (χ3v) is 9.42. The Hall–Kier alpha value is -4.31. The monoisotopic (exact) mass is 642 g/mol. The smallest absolute Gasteiger partial charge is 0.325 e. The average Bonchev–Trinajstić information content (AvgIpc) is 3.11. The van der Waals surface area contributed by atoms with Crippen molar-refractivity contribution in [1.82, 2.24) is 15.2 Å². The standard InChI is InChI=1S/C37H46N4O6/c42-36(40(31-17-9-3-10-18-31)26-37(43)46-27-28-13-5-1-6-14-28)22-21-33(29-15-7-2-8-16-29)38-24-30-23-35(39-25-34(30)41(44)45)47-32-19-11-4-12-20-32/h1,4-6,11-14,19-20,23,25,29,31,33,38H,2-3,7-10,15-18,21-22,24,26-27H2/t33-/m0/s1. The van der Waals surface area contributed by atoms with Gasteiger partial charge in [-0.1, -0.05) is 87.1 Å². The zero-order valence-corrected chi connectivity index (χ0v) is 27.1. The summed E-state index contributed by atoms with van der Waals surface area (Å²) < 4.78 is 11.4. The Morgan fingerprint density at radius 1 is 0.936 bits per heavy atom. The molecule has 1 aromatic heterocycles. The van der Waals surface area contributed by atoms with Crippen LogP contribution in [0.15, 0.2) is 72.9 Å². The van der Waals surface area contributed by atoms with Gasteiger partial charge < -0.3 is 19.7 Å². The van der Waals surface area contributed by atoms with Crippen LogP contribution in [-0.2, 0) is 27.5 Å². The molecule has 0 saturated heterocycles. The number of para-hydroxylation sites is 1. The normalized spacial score (nSPS) is 16.3. The number of amides is 1. The van der Waals surface area contributed by atoms with Gasteiger partial charge in [0, 0.05) is 31.1 Å². The summed E-state index contributed by atoms with van der Waals surface area (Å²) in [6, 6.07) is 20.4. The van der Waals surface area contributed by atoms with Crippen molar-refractivity contribution in [2.75, 3.05) is 6.54 Å². The van der Waals surface area contributed by atoms with E-state index < -0.39 is 10.9 Å². The maximum Gasteiger partial charge on any atom is 0.325 e. The SMILES string of the molecule is O=C(CN(C(=O)CC[C@H](NCc1cc(Oc2ccccc2)ncc1[N+](=O)[O-])C1CCCCC1)C1CCCCC1)OCc1ccccc1. The Kier molecular flexibility index (Phi) is 12.7. The van der Waals surface area contributed by atoms with Crippen LogP contribution in [-0.4, -0.2) is 45.3 Å². The van der Waals surface area contributed by atoms with Gasteiger partial charge in [0.25, 0.3) is 5.69 Å².